The molecule has 0 aromatic heterocycles. The van der Waals surface area contributed by atoms with Gasteiger partial charge in [0.15, 0.2) is 0 Å². The van der Waals surface area contributed by atoms with E-state index in [2.05, 4.69) is 5.32 Å². The highest BCUT2D eigenvalue weighted by molar-refractivity contribution is 5.90. The number of esters is 1. The Hall–Kier alpha value is -3.15. The van der Waals surface area contributed by atoms with Crippen molar-refractivity contribution in [3.05, 3.63) is 65.2 Å². The first-order chi connectivity index (χ1) is 11.5. The summed E-state index contributed by atoms with van der Waals surface area (Å²) < 4.78 is 5.14. The molecule has 1 unspecified atom stereocenters. The molecule has 1 aliphatic heterocycles. The number of hydrogen-bond donors (Lipinski definition) is 1. The zero-order valence-electron chi connectivity index (χ0n) is 12.7. The van der Waals surface area contributed by atoms with E-state index in [-0.39, 0.29) is 30.1 Å². The van der Waals surface area contributed by atoms with Crippen LogP contribution in [0.2, 0.25) is 0 Å². The lowest BCUT2D eigenvalue weighted by atomic mass is 10.00. The van der Waals surface area contributed by atoms with E-state index in [1.807, 2.05) is 30.3 Å². The van der Waals surface area contributed by atoms with Gasteiger partial charge >= 0.3 is 5.97 Å². The number of nitrogens with one attached hydrogen (secondary N) is 1. The Labute approximate surface area is 138 Å². The average Bonchev–Trinajstić information content (AvgIpc) is 2.56. The summed E-state index contributed by atoms with van der Waals surface area (Å²) in [5, 5.41) is 13.5. The number of benzene rings is 2. The number of carbonyl (C=O) groups excluding carboxylic acids is 3. The summed E-state index contributed by atoms with van der Waals surface area (Å²) in [6.07, 6.45) is 0.420. The molecular weight excluding hydrogens is 310 g/mol. The third-order valence-electron chi connectivity index (χ3n) is 3.76. The maximum Gasteiger partial charge on any atom is 0.334 e. The normalized spacial score (nSPS) is 16.0. The van der Waals surface area contributed by atoms with E-state index in [1.54, 1.807) is 6.07 Å². The number of rotatable bonds is 4. The summed E-state index contributed by atoms with van der Waals surface area (Å²) in [7, 11) is 0. The summed E-state index contributed by atoms with van der Waals surface area (Å²) in [5.74, 6) is -2.04. The molecular formula is C18H14NO5-. The number of amides is 1. The van der Waals surface area contributed by atoms with Crippen LogP contribution in [-0.2, 0) is 22.4 Å². The van der Waals surface area contributed by atoms with Gasteiger partial charge in [0.2, 0.25) is 5.91 Å². The number of carbonyl (C=O) groups is 3. The fourth-order valence-electron chi connectivity index (χ4n) is 2.56. The molecule has 0 radical (unpaired) electrons. The molecule has 0 fully saturated rings. The Morgan fingerprint density at radius 1 is 1.17 bits per heavy atom. The van der Waals surface area contributed by atoms with Crippen LogP contribution in [-0.4, -0.2) is 23.9 Å². The summed E-state index contributed by atoms with van der Waals surface area (Å²) in [4.78, 5) is 34.9. The van der Waals surface area contributed by atoms with Gasteiger partial charge in [-0.05, 0) is 17.2 Å². The molecule has 122 valence electrons. The number of ether oxygens (including phenoxy) is 1. The molecule has 2 aromatic rings. The maximum absolute atomic E-state index is 12.1. The quantitative estimate of drug-likeness (QED) is 0.642. The second-order valence-corrected chi connectivity index (χ2v) is 5.52. The van der Waals surface area contributed by atoms with E-state index in [4.69, 9.17) is 4.74 Å². The van der Waals surface area contributed by atoms with Crippen LogP contribution in [0.25, 0.3) is 0 Å². The van der Waals surface area contributed by atoms with Crippen LogP contribution in [0.4, 0.5) is 0 Å². The zero-order valence-corrected chi connectivity index (χ0v) is 12.7. The van der Waals surface area contributed by atoms with Gasteiger partial charge in [0.05, 0.1) is 12.4 Å². The van der Waals surface area contributed by atoms with Crippen molar-refractivity contribution in [2.75, 3.05) is 0 Å². The number of fused-ring (bicyclic) bond motifs is 1. The summed E-state index contributed by atoms with van der Waals surface area (Å²) in [6, 6.07) is 12.6. The Kier molecular flexibility index (Phi) is 4.29. The van der Waals surface area contributed by atoms with Gasteiger partial charge < -0.3 is 20.0 Å². The third kappa shape index (κ3) is 3.43. The first-order valence-corrected chi connectivity index (χ1v) is 7.42. The molecule has 2 aromatic carbocycles. The van der Waals surface area contributed by atoms with Crippen molar-refractivity contribution in [2.45, 2.75) is 18.9 Å². The summed E-state index contributed by atoms with van der Waals surface area (Å²) >= 11 is 0. The van der Waals surface area contributed by atoms with Crippen molar-refractivity contribution in [3.8, 4) is 5.75 Å². The predicted molar refractivity (Wildman–Crippen MR) is 82.2 cm³/mol. The highest BCUT2D eigenvalue weighted by Gasteiger charge is 2.29. The van der Waals surface area contributed by atoms with Crippen LogP contribution >= 0.6 is 0 Å². The maximum atomic E-state index is 12.1. The molecule has 24 heavy (non-hydrogen) atoms. The molecule has 1 aliphatic rings. The number of hydrogen-bond acceptors (Lipinski definition) is 5. The molecule has 1 atom stereocenters. The molecule has 0 saturated heterocycles. The van der Waals surface area contributed by atoms with Crippen LogP contribution in [0.15, 0.2) is 48.5 Å². The van der Waals surface area contributed by atoms with Crippen molar-refractivity contribution >= 4 is 17.8 Å². The van der Waals surface area contributed by atoms with E-state index in [9.17, 15) is 19.5 Å². The van der Waals surface area contributed by atoms with Crippen molar-refractivity contribution in [2.24, 2.45) is 0 Å². The lowest BCUT2D eigenvalue weighted by Crippen LogP contribution is -2.47. The molecule has 0 aliphatic carbocycles. The molecule has 3 rings (SSSR count). The predicted octanol–water partition coefficient (Wildman–Crippen LogP) is 0.239. The minimum absolute atomic E-state index is 0.0619. The second-order valence-electron chi connectivity index (χ2n) is 5.52. The molecule has 6 heteroatoms. The molecule has 6 nitrogen and oxygen atoms in total. The van der Waals surface area contributed by atoms with Crippen LogP contribution in [0.1, 0.15) is 21.5 Å². The molecule has 1 heterocycles. The van der Waals surface area contributed by atoms with Gasteiger partial charge in [-0.15, -0.1) is 0 Å². The number of carboxylic acid groups (broad SMARTS) is 1. The van der Waals surface area contributed by atoms with Gasteiger partial charge in [-0.25, -0.2) is 4.79 Å². The van der Waals surface area contributed by atoms with Crippen molar-refractivity contribution < 1.29 is 24.2 Å². The minimum Gasteiger partial charge on any atom is -0.545 e. The number of carboxylic acids is 1. The van der Waals surface area contributed by atoms with Crippen molar-refractivity contribution in [3.63, 3.8) is 0 Å². The van der Waals surface area contributed by atoms with E-state index < -0.39 is 18.0 Å². The van der Waals surface area contributed by atoms with Crippen LogP contribution < -0.4 is 15.2 Å². The zero-order chi connectivity index (χ0) is 17.1. The first-order valence-electron chi connectivity index (χ1n) is 7.42. The molecule has 0 saturated carbocycles. The first kappa shape index (κ1) is 15.7. The molecule has 0 spiro atoms. The van der Waals surface area contributed by atoms with Gasteiger partial charge in [0.25, 0.3) is 0 Å². The number of aromatic carboxylic acids is 1. The van der Waals surface area contributed by atoms with Crippen molar-refractivity contribution in [1.29, 1.82) is 0 Å². The Morgan fingerprint density at radius 2 is 1.92 bits per heavy atom. The lowest BCUT2D eigenvalue weighted by molar-refractivity contribution is -0.255. The summed E-state index contributed by atoms with van der Waals surface area (Å²) in [5.41, 5.74) is 1.44. The molecule has 1 amide bonds. The highest BCUT2D eigenvalue weighted by atomic mass is 16.5. The Balaban J connectivity index is 1.69. The highest BCUT2D eigenvalue weighted by Crippen LogP contribution is 2.26. The minimum atomic E-state index is -1.34. The lowest BCUT2D eigenvalue weighted by Gasteiger charge is -2.24. The van der Waals surface area contributed by atoms with Crippen LogP contribution in [0.5, 0.6) is 5.75 Å². The van der Waals surface area contributed by atoms with E-state index in [0.29, 0.717) is 5.56 Å². The van der Waals surface area contributed by atoms with Gasteiger partial charge in [-0.2, -0.15) is 0 Å². The topological polar surface area (TPSA) is 95.5 Å². The van der Waals surface area contributed by atoms with E-state index in [0.717, 1.165) is 5.56 Å². The second kappa shape index (κ2) is 6.54. The molecule has 0 bridgehead atoms. The van der Waals surface area contributed by atoms with Gasteiger partial charge in [-0.3, -0.25) is 4.79 Å². The Bertz CT molecular complexity index is 800. The summed E-state index contributed by atoms with van der Waals surface area (Å²) in [6.45, 7) is 0. The van der Waals surface area contributed by atoms with Crippen molar-refractivity contribution in [1.82, 2.24) is 5.32 Å². The SMILES string of the molecule is O=C(Cc1ccccc1)NC1Cc2ccc(C(=O)[O-])cc2OC1=O. The average molecular weight is 324 g/mol. The van der Waals surface area contributed by atoms with Crippen LogP contribution in [0.3, 0.4) is 0 Å². The Morgan fingerprint density at radius 3 is 2.62 bits per heavy atom. The van der Waals surface area contributed by atoms with Crippen LogP contribution in [0, 0.1) is 0 Å². The smallest absolute Gasteiger partial charge is 0.334 e. The van der Waals surface area contributed by atoms with E-state index in [1.165, 1.54) is 12.1 Å². The van der Waals surface area contributed by atoms with Gasteiger partial charge in [0, 0.05) is 12.0 Å². The van der Waals surface area contributed by atoms with Gasteiger partial charge in [0.1, 0.15) is 11.8 Å². The third-order valence-corrected chi connectivity index (χ3v) is 3.76. The fourth-order valence-corrected chi connectivity index (χ4v) is 2.56. The van der Waals surface area contributed by atoms with Gasteiger partial charge in [-0.1, -0.05) is 42.5 Å². The molecule has 1 N–H and O–H groups in total. The standard InChI is InChI=1S/C18H15NO5/c20-16(8-11-4-2-1-3-5-11)19-14-9-12-6-7-13(17(21)22)10-15(12)24-18(14)23/h1-7,10,14H,8-9H2,(H,19,20)(H,21,22)/p-1. The largest absolute Gasteiger partial charge is 0.545 e. The monoisotopic (exact) mass is 324 g/mol. The van der Waals surface area contributed by atoms with E-state index >= 15 is 0 Å². The fraction of sp³-hybridized carbons (Fsp3) is 0.167.